The lowest BCUT2D eigenvalue weighted by Gasteiger charge is -2.44. The normalized spacial score (nSPS) is 20.5. The van der Waals surface area contributed by atoms with E-state index in [0.717, 1.165) is 11.3 Å². The fourth-order valence-corrected chi connectivity index (χ4v) is 5.97. The monoisotopic (exact) mass is 656 g/mol. The van der Waals surface area contributed by atoms with Crippen LogP contribution in [0.25, 0.3) is 0 Å². The zero-order chi connectivity index (χ0) is 33.0. The van der Waals surface area contributed by atoms with Crippen molar-refractivity contribution in [1.82, 2.24) is 0 Å². The Hall–Kier alpha value is -4.64. The van der Waals surface area contributed by atoms with Crippen molar-refractivity contribution >= 4 is 29.7 Å². The summed E-state index contributed by atoms with van der Waals surface area (Å²) in [5.74, 6) is -0.649. The molecule has 0 amide bonds. The Bertz CT molecular complexity index is 1580. The topological polar surface area (TPSA) is 107 Å². The number of hydrogen-bond acceptors (Lipinski definition) is 10. The molecule has 9 nitrogen and oxygen atoms in total. The Morgan fingerprint density at radius 2 is 1.11 bits per heavy atom. The summed E-state index contributed by atoms with van der Waals surface area (Å²) in [7, 11) is 1.60. The Morgan fingerprint density at radius 1 is 0.638 bits per heavy atom. The average molecular weight is 657 g/mol. The van der Waals surface area contributed by atoms with Gasteiger partial charge in [0.1, 0.15) is 17.3 Å². The molecule has 1 saturated heterocycles. The molecule has 0 saturated carbocycles. The Kier molecular flexibility index (Phi) is 12.0. The molecule has 244 valence electrons. The van der Waals surface area contributed by atoms with Gasteiger partial charge in [0.05, 0.1) is 37.0 Å². The lowest BCUT2D eigenvalue weighted by molar-refractivity contribution is -0.211. The Morgan fingerprint density at radius 3 is 1.57 bits per heavy atom. The summed E-state index contributed by atoms with van der Waals surface area (Å²) in [6, 6.07) is 32.8. The number of thioether (sulfide) groups is 1. The fourth-order valence-electron chi connectivity index (χ4n) is 5.03. The van der Waals surface area contributed by atoms with Crippen LogP contribution in [0.1, 0.15) is 43.6 Å². The Labute approximate surface area is 278 Å². The van der Waals surface area contributed by atoms with Crippen LogP contribution in [0.4, 0.5) is 0 Å². The predicted octanol–water partition coefficient (Wildman–Crippen LogP) is 6.37. The van der Waals surface area contributed by atoms with Crippen molar-refractivity contribution in [3.8, 4) is 5.75 Å². The maximum absolute atomic E-state index is 13.5. The van der Waals surface area contributed by atoms with E-state index in [9.17, 15) is 14.4 Å². The molecule has 4 aromatic rings. The van der Waals surface area contributed by atoms with Crippen LogP contribution in [-0.4, -0.2) is 67.2 Å². The van der Waals surface area contributed by atoms with Gasteiger partial charge in [0, 0.05) is 0 Å². The molecular formula is C37H36O9S. The van der Waals surface area contributed by atoms with Crippen molar-refractivity contribution < 1.29 is 42.8 Å². The largest absolute Gasteiger partial charge is 0.497 e. The second kappa shape index (κ2) is 16.8. The van der Waals surface area contributed by atoms with Gasteiger partial charge in [-0.1, -0.05) is 73.7 Å². The van der Waals surface area contributed by atoms with Gasteiger partial charge in [-0.3, -0.25) is 0 Å². The first-order chi connectivity index (χ1) is 23.0. The molecule has 1 fully saturated rings. The molecule has 47 heavy (non-hydrogen) atoms. The third-order valence-corrected chi connectivity index (χ3v) is 8.43. The van der Waals surface area contributed by atoms with E-state index >= 15 is 0 Å². The van der Waals surface area contributed by atoms with Crippen molar-refractivity contribution in [2.24, 2.45) is 0 Å². The molecule has 0 bridgehead atoms. The summed E-state index contributed by atoms with van der Waals surface area (Å²) < 4.78 is 36.1. The van der Waals surface area contributed by atoms with Gasteiger partial charge >= 0.3 is 17.9 Å². The summed E-state index contributed by atoms with van der Waals surface area (Å²) in [6.45, 7) is 2.15. The number of rotatable bonds is 13. The molecular weight excluding hydrogens is 620 g/mol. The maximum Gasteiger partial charge on any atom is 0.338 e. The van der Waals surface area contributed by atoms with Crippen molar-refractivity contribution in [2.45, 2.75) is 43.4 Å². The van der Waals surface area contributed by atoms with Gasteiger partial charge in [0.15, 0.2) is 18.3 Å². The molecule has 0 spiro atoms. The van der Waals surface area contributed by atoms with Gasteiger partial charge in [0.25, 0.3) is 0 Å². The predicted molar refractivity (Wildman–Crippen MR) is 176 cm³/mol. The molecule has 1 heterocycles. The standard InChI is InChI=1S/C37H36O9S/c1-3-47-37-33(46-36(40)28-17-11-6-12-18-28)32(45-35(39)27-15-9-5-10-16-27)31(44-34(38)26-13-7-4-8-14-26)30(43-37)24-42-23-25-19-21-29(41-2)22-20-25/h4-22,30-33,37H,3,23-24H2,1-2H3/t30-,31-,32+,33-,37+/m1/s1. The van der Waals surface area contributed by atoms with E-state index in [1.807, 2.05) is 31.2 Å². The van der Waals surface area contributed by atoms with Crippen LogP contribution in [0.2, 0.25) is 0 Å². The van der Waals surface area contributed by atoms with Gasteiger partial charge in [-0.05, 0) is 59.8 Å². The van der Waals surface area contributed by atoms with Crippen molar-refractivity contribution in [3.63, 3.8) is 0 Å². The van der Waals surface area contributed by atoms with Gasteiger partial charge < -0.3 is 28.4 Å². The number of hydrogen-bond donors (Lipinski definition) is 0. The number of ether oxygens (including phenoxy) is 6. The van der Waals surface area contributed by atoms with E-state index in [1.165, 1.54) is 11.8 Å². The number of carbonyl (C=O) groups excluding carboxylic acids is 3. The van der Waals surface area contributed by atoms with Crippen molar-refractivity contribution in [3.05, 3.63) is 138 Å². The first-order valence-electron chi connectivity index (χ1n) is 15.2. The molecule has 0 N–H and O–H groups in total. The van der Waals surface area contributed by atoms with Crippen LogP contribution in [0, 0.1) is 0 Å². The highest BCUT2D eigenvalue weighted by molar-refractivity contribution is 7.99. The van der Waals surface area contributed by atoms with Crippen LogP contribution in [-0.2, 0) is 30.3 Å². The van der Waals surface area contributed by atoms with E-state index in [4.69, 9.17) is 28.4 Å². The van der Waals surface area contributed by atoms with Crippen LogP contribution in [0.5, 0.6) is 5.75 Å². The first-order valence-corrected chi connectivity index (χ1v) is 16.3. The highest BCUT2D eigenvalue weighted by Gasteiger charge is 2.52. The van der Waals surface area contributed by atoms with Crippen LogP contribution >= 0.6 is 11.8 Å². The first kappa shape index (κ1) is 33.7. The summed E-state index contributed by atoms with van der Waals surface area (Å²) in [5.41, 5.74) is 1.00. The Balaban J connectivity index is 1.48. The molecule has 0 aromatic heterocycles. The zero-order valence-electron chi connectivity index (χ0n) is 26.1. The number of methoxy groups -OCH3 is 1. The molecule has 0 aliphatic carbocycles. The number of esters is 3. The summed E-state index contributed by atoms with van der Waals surface area (Å²) in [6.07, 6.45) is -4.46. The quantitative estimate of drug-likeness (QED) is 0.119. The van der Waals surface area contributed by atoms with Gasteiger partial charge in [-0.2, -0.15) is 0 Å². The maximum atomic E-state index is 13.5. The molecule has 1 aliphatic heterocycles. The summed E-state index contributed by atoms with van der Waals surface area (Å²) in [5, 5.41) is 0. The molecule has 1 aliphatic rings. The average Bonchev–Trinajstić information content (AvgIpc) is 3.12. The molecule has 4 aromatic carbocycles. The lowest BCUT2D eigenvalue weighted by atomic mass is 9.98. The second-order valence-electron chi connectivity index (χ2n) is 10.6. The van der Waals surface area contributed by atoms with Gasteiger partial charge in [0.2, 0.25) is 0 Å². The fraction of sp³-hybridized carbons (Fsp3) is 0.270. The number of carbonyl (C=O) groups is 3. The highest BCUT2D eigenvalue weighted by Crippen LogP contribution is 2.35. The van der Waals surface area contributed by atoms with E-state index in [2.05, 4.69) is 0 Å². The molecule has 0 unspecified atom stereocenters. The van der Waals surface area contributed by atoms with E-state index in [0.29, 0.717) is 16.9 Å². The van der Waals surface area contributed by atoms with Crippen molar-refractivity contribution in [2.75, 3.05) is 19.5 Å². The zero-order valence-corrected chi connectivity index (χ0v) is 26.9. The third-order valence-electron chi connectivity index (χ3n) is 7.39. The minimum Gasteiger partial charge on any atom is -0.497 e. The number of benzene rings is 4. The van der Waals surface area contributed by atoms with Gasteiger partial charge in [-0.25, -0.2) is 14.4 Å². The SMILES string of the molecule is CCS[C@@H]1O[C@H](COCc2ccc(OC)cc2)[C@@H](OC(=O)c2ccccc2)[C@H](OC(=O)c2ccccc2)[C@H]1OC(=O)c1ccccc1. The van der Waals surface area contributed by atoms with Crippen LogP contribution in [0.3, 0.4) is 0 Å². The smallest absolute Gasteiger partial charge is 0.338 e. The second-order valence-corrected chi connectivity index (χ2v) is 11.9. The highest BCUT2D eigenvalue weighted by atomic mass is 32.2. The molecule has 5 atom stereocenters. The van der Waals surface area contributed by atoms with Crippen LogP contribution < -0.4 is 4.74 Å². The van der Waals surface area contributed by atoms with E-state index in [1.54, 1.807) is 98.1 Å². The minimum absolute atomic E-state index is 0.0156. The van der Waals surface area contributed by atoms with Crippen molar-refractivity contribution in [1.29, 1.82) is 0 Å². The third kappa shape index (κ3) is 9.00. The molecule has 0 radical (unpaired) electrons. The van der Waals surface area contributed by atoms with Gasteiger partial charge in [-0.15, -0.1) is 11.8 Å². The summed E-state index contributed by atoms with van der Waals surface area (Å²) >= 11 is 1.38. The molecule has 5 rings (SSSR count). The van der Waals surface area contributed by atoms with E-state index < -0.39 is 47.8 Å². The molecule has 10 heteroatoms. The lowest BCUT2D eigenvalue weighted by Crippen LogP contribution is -2.61. The summed E-state index contributed by atoms with van der Waals surface area (Å²) in [4.78, 5) is 40.4. The minimum atomic E-state index is -1.24. The van der Waals surface area contributed by atoms with E-state index in [-0.39, 0.29) is 18.8 Å². The van der Waals surface area contributed by atoms with Crippen LogP contribution in [0.15, 0.2) is 115 Å².